The lowest BCUT2D eigenvalue weighted by molar-refractivity contribution is 0.320. The minimum absolute atomic E-state index is 0.0174. The molecule has 1 N–H and O–H groups in total. The van der Waals surface area contributed by atoms with Crippen molar-refractivity contribution >= 4 is 5.69 Å². The zero-order valence-corrected chi connectivity index (χ0v) is 66.4. The van der Waals surface area contributed by atoms with Crippen molar-refractivity contribution in [2.24, 2.45) is 0 Å². The van der Waals surface area contributed by atoms with Gasteiger partial charge in [-0.2, -0.15) is 15.2 Å². The molecule has 0 unspecified atom stereocenters. The normalized spacial score (nSPS) is 12.3. The first kappa shape index (κ1) is 86.2. The SMILES string of the molecule is C=C1Oc2ccc(C(C)(C)C)cc2N1C.CC(C)(C)c1cc[nH]c1.CC(C)(C)c1ccccn1.CC(C)(C)c1ccncc1.CC(C)(C)c1ncccn1.CC(C)(C)c1ncno1.CC(C)(C)n1cccn1.CC(C)(C)n1cccn1.CC(C)(C)n1ccnc1.CC(C)(C)n1ccnn1. The number of pyridine rings is 2. The number of rotatable bonds is 0. The fourth-order valence-electron chi connectivity index (χ4n) is 7.85. The summed E-state index contributed by atoms with van der Waals surface area (Å²) in [5, 5.41) is 19.3. The third-order valence-corrected chi connectivity index (χ3v) is 14.2. The van der Waals surface area contributed by atoms with Crippen molar-refractivity contribution in [1.82, 2.24) is 79.2 Å². The van der Waals surface area contributed by atoms with Gasteiger partial charge in [0.15, 0.2) is 18.0 Å². The topological polar surface area (TPSA) is 203 Å². The van der Waals surface area contributed by atoms with Crippen LogP contribution in [0.3, 0.4) is 0 Å². The van der Waals surface area contributed by atoms with E-state index in [1.165, 1.54) is 23.0 Å². The van der Waals surface area contributed by atoms with Crippen molar-refractivity contribution in [2.45, 2.75) is 262 Å². The molecule has 1 aliphatic heterocycles. The molecular formula is C80H125N17O2. The van der Waals surface area contributed by atoms with Gasteiger partial charge < -0.3 is 23.7 Å². The van der Waals surface area contributed by atoms with Gasteiger partial charge in [-0.05, 0) is 183 Å². The van der Waals surface area contributed by atoms with Gasteiger partial charge in [-0.3, -0.25) is 19.3 Å². The molecule has 0 aliphatic carbocycles. The molecule has 0 atom stereocenters. The molecule has 0 radical (unpaired) electrons. The van der Waals surface area contributed by atoms with Crippen molar-refractivity contribution in [3.05, 3.63) is 225 Å². The standard InChI is InChI=1S/C13H17NO.2C9H13N.C8H12N2.C8H13N.3C7H12N2.C6H11N3.C6H10N2O/c1-9-14(5)11-8-10(13(2,3)4)6-7-12(11)15-9;1-9(2,3)8-4-6-10-7-5-8;1-9(2,3)8-6-4-5-7-10-8;1-8(2,3)7-9-5-4-6-10-7;1-8(2,3)7-4-5-9-6-7;1-7(2,3)9-5-4-8-6-9;2*1-7(2,3)9-6-4-5-8-9;1-6(2,3)9-5-4-7-8-9;1-6(2,3)5-7-4-8-9-5/h6-8H,1H2,2-5H3;2*4-7H,1-3H3;4-6H,1-3H3;4-6,9H,1-3H3;3*4-6H,1-3H3;4-5H,1-3H3;4H,1-3H3. The van der Waals surface area contributed by atoms with Gasteiger partial charge >= 0.3 is 0 Å². The van der Waals surface area contributed by atoms with E-state index in [9.17, 15) is 0 Å². The molecule has 0 amide bonds. The molecule has 9 aromatic heterocycles. The van der Waals surface area contributed by atoms with Gasteiger partial charge in [0.1, 0.15) is 5.82 Å². The van der Waals surface area contributed by atoms with Crippen LogP contribution in [0, 0.1) is 0 Å². The summed E-state index contributed by atoms with van der Waals surface area (Å²) in [7, 11) is 1.97. The van der Waals surface area contributed by atoms with E-state index in [0.29, 0.717) is 17.2 Å². The van der Waals surface area contributed by atoms with Crippen molar-refractivity contribution in [3.8, 4) is 5.75 Å². The molecule has 1 aromatic carbocycles. The van der Waals surface area contributed by atoms with Gasteiger partial charge in [-0.1, -0.05) is 147 Å². The van der Waals surface area contributed by atoms with Crippen molar-refractivity contribution in [1.29, 1.82) is 0 Å². The number of aromatic nitrogens is 16. The van der Waals surface area contributed by atoms with Crippen LogP contribution in [0.15, 0.2) is 195 Å². The highest BCUT2D eigenvalue weighted by Gasteiger charge is 2.25. The minimum Gasteiger partial charge on any atom is -0.439 e. The monoisotopic (exact) mass is 1360 g/mol. The summed E-state index contributed by atoms with van der Waals surface area (Å²) >= 11 is 0. The summed E-state index contributed by atoms with van der Waals surface area (Å²) in [4.78, 5) is 29.4. The number of ether oxygens (including phenoxy) is 1. The molecule has 1 aliphatic rings. The van der Waals surface area contributed by atoms with E-state index in [1.54, 1.807) is 37.2 Å². The Morgan fingerprint density at radius 2 is 0.960 bits per heavy atom. The zero-order chi connectivity index (χ0) is 75.5. The van der Waals surface area contributed by atoms with Gasteiger partial charge in [0.05, 0.1) is 34.8 Å². The fourth-order valence-corrected chi connectivity index (χ4v) is 7.85. The van der Waals surface area contributed by atoms with Gasteiger partial charge in [-0.25, -0.2) is 19.6 Å². The first-order valence-corrected chi connectivity index (χ1v) is 33.9. The maximum absolute atomic E-state index is 5.52. The summed E-state index contributed by atoms with van der Waals surface area (Å²) in [5.74, 6) is 3.17. The molecule has 11 rings (SSSR count). The second-order valence-electron chi connectivity index (χ2n) is 34.0. The minimum atomic E-state index is -0.0174. The smallest absolute Gasteiger partial charge is 0.231 e. The van der Waals surface area contributed by atoms with E-state index in [-0.39, 0.29) is 49.2 Å². The third kappa shape index (κ3) is 33.5. The Hall–Kier alpha value is -8.87. The lowest BCUT2D eigenvalue weighted by Crippen LogP contribution is -2.22. The second-order valence-corrected chi connectivity index (χ2v) is 34.0. The van der Waals surface area contributed by atoms with Gasteiger partial charge in [-0.15, -0.1) is 5.10 Å². The van der Waals surface area contributed by atoms with Crippen molar-refractivity contribution < 1.29 is 9.26 Å². The van der Waals surface area contributed by atoms with E-state index < -0.39 is 0 Å². The highest BCUT2D eigenvalue weighted by atomic mass is 16.5. The maximum Gasteiger partial charge on any atom is 0.231 e. The molecule has 0 spiro atoms. The molecule has 19 nitrogen and oxygen atoms in total. The molecule has 10 heterocycles. The Kier molecular flexibility index (Phi) is 32.5. The van der Waals surface area contributed by atoms with Crippen LogP contribution in [0.25, 0.3) is 0 Å². The quantitative estimate of drug-likeness (QED) is 0.150. The van der Waals surface area contributed by atoms with Gasteiger partial charge in [0, 0.05) is 121 Å². The van der Waals surface area contributed by atoms with E-state index >= 15 is 0 Å². The lowest BCUT2D eigenvalue weighted by Gasteiger charge is -2.20. The number of benzene rings is 1. The highest BCUT2D eigenvalue weighted by molar-refractivity contribution is 5.67. The number of hydrogen-bond acceptors (Lipinski definition) is 14. The highest BCUT2D eigenvalue weighted by Crippen LogP contribution is 2.40. The Labute approximate surface area is 596 Å². The molecule has 19 heteroatoms. The van der Waals surface area contributed by atoms with Crippen LogP contribution < -0.4 is 9.64 Å². The van der Waals surface area contributed by atoms with E-state index in [4.69, 9.17) is 9.26 Å². The first-order valence-electron chi connectivity index (χ1n) is 33.9. The second kappa shape index (κ2) is 37.4. The molecule has 0 fully saturated rings. The van der Waals surface area contributed by atoms with Crippen LogP contribution in [0.5, 0.6) is 5.75 Å². The van der Waals surface area contributed by atoms with Crippen LogP contribution >= 0.6 is 0 Å². The molecule has 0 bridgehead atoms. The summed E-state index contributed by atoms with van der Waals surface area (Å²) in [6.45, 7) is 68.0. The summed E-state index contributed by atoms with van der Waals surface area (Å²) < 4.78 is 18.1. The molecule has 10 aromatic rings. The van der Waals surface area contributed by atoms with Crippen LogP contribution in [0.2, 0.25) is 0 Å². The average Bonchev–Trinajstić information content (AvgIpc) is 1.70. The number of fused-ring (bicyclic) bond motifs is 1. The van der Waals surface area contributed by atoms with E-state index in [0.717, 1.165) is 23.0 Å². The lowest BCUT2D eigenvalue weighted by atomic mass is 9.87. The van der Waals surface area contributed by atoms with Crippen LogP contribution in [-0.2, 0) is 54.6 Å². The largest absolute Gasteiger partial charge is 0.439 e. The molecule has 0 saturated carbocycles. The van der Waals surface area contributed by atoms with Crippen LogP contribution in [0.4, 0.5) is 5.69 Å². The number of hydrogen-bond donors (Lipinski definition) is 1. The van der Waals surface area contributed by atoms with Crippen LogP contribution in [-0.4, -0.2) is 86.2 Å². The Morgan fingerprint density at radius 3 is 1.24 bits per heavy atom. The van der Waals surface area contributed by atoms with Gasteiger partial charge in [0.2, 0.25) is 5.89 Å². The molecule has 99 heavy (non-hydrogen) atoms. The third-order valence-electron chi connectivity index (χ3n) is 14.2. The average molecular weight is 1360 g/mol. The number of aromatic amines is 1. The fraction of sp³-hybridized carbons (Fsp3) is 0.512. The maximum atomic E-state index is 5.52. The number of nitrogens with one attached hydrogen (secondary N) is 1. The Balaban J connectivity index is 0.000000376. The molecule has 0 saturated heterocycles. The predicted molar refractivity (Wildman–Crippen MR) is 409 cm³/mol. The van der Waals surface area contributed by atoms with Crippen molar-refractivity contribution in [2.75, 3.05) is 11.9 Å². The summed E-state index contributed by atoms with van der Waals surface area (Å²) in [5.41, 5.74) is 7.71. The zero-order valence-electron chi connectivity index (χ0n) is 66.4. The summed E-state index contributed by atoms with van der Waals surface area (Å²) in [6, 6.07) is 24.2. The molecular weight excluding hydrogens is 1230 g/mol. The predicted octanol–water partition coefficient (Wildman–Crippen LogP) is 19.4. The van der Waals surface area contributed by atoms with E-state index in [1.807, 2.05) is 145 Å². The van der Waals surface area contributed by atoms with Gasteiger partial charge in [0.25, 0.3) is 0 Å². The Bertz CT molecular complexity index is 3200. The molecule has 542 valence electrons. The van der Waals surface area contributed by atoms with Crippen molar-refractivity contribution in [3.63, 3.8) is 0 Å². The summed E-state index contributed by atoms with van der Waals surface area (Å²) in [6.07, 6.45) is 31.1. The number of nitrogens with zero attached hydrogens (tertiary/aromatic N) is 16. The first-order chi connectivity index (χ1) is 45.3. The number of imidazole rings is 1. The number of H-pyrrole nitrogens is 1. The number of anilines is 1. The van der Waals surface area contributed by atoms with Crippen LogP contribution in [0.1, 0.15) is 242 Å². The van der Waals surface area contributed by atoms with E-state index in [2.05, 4.69) is 295 Å². The Morgan fingerprint density at radius 1 is 0.424 bits per heavy atom.